The quantitative estimate of drug-likeness (QED) is 0.145. The van der Waals surface area contributed by atoms with Crippen LogP contribution in [0.2, 0.25) is 0 Å². The van der Waals surface area contributed by atoms with Gasteiger partial charge in [-0.15, -0.1) is 0 Å². The second-order valence-corrected chi connectivity index (χ2v) is 14.9. The molecule has 0 saturated heterocycles. The molecule has 0 aliphatic rings. The Hall–Kier alpha value is -7.42. The first kappa shape index (κ1) is 33.0. The third kappa shape index (κ3) is 5.11. The van der Waals surface area contributed by atoms with Crippen LogP contribution in [0.3, 0.4) is 0 Å². The second kappa shape index (κ2) is 13.4. The Bertz CT molecular complexity index is 3100. The minimum absolute atomic E-state index is 0.535. The van der Waals surface area contributed by atoms with Crippen LogP contribution >= 0.6 is 0 Å². The monoisotopic (exact) mass is 726 g/mol. The Morgan fingerprint density at radius 2 is 0.772 bits per heavy atom. The van der Waals surface area contributed by atoms with Crippen LogP contribution in [0.5, 0.6) is 0 Å². The molecule has 11 aromatic rings. The van der Waals surface area contributed by atoms with Gasteiger partial charge in [-0.05, 0) is 88.0 Å². The smallest absolute Gasteiger partial charge is 0.0701 e. The molecule has 0 amide bonds. The summed E-state index contributed by atoms with van der Waals surface area (Å²) < 4.78 is 4.87. The van der Waals surface area contributed by atoms with Gasteiger partial charge in [0.25, 0.3) is 0 Å². The molecule has 0 aliphatic carbocycles. The van der Waals surface area contributed by atoms with Crippen LogP contribution in [0.1, 0.15) is 22.3 Å². The number of fused-ring (bicyclic) bond motifs is 6. The average molecular weight is 727 g/mol. The predicted molar refractivity (Wildman–Crippen MR) is 239 cm³/mol. The fraction of sp³-hybridized carbons (Fsp3) is 0.0182. The third-order valence-electron chi connectivity index (χ3n) is 11.9. The van der Waals surface area contributed by atoms with E-state index in [0.29, 0.717) is 0 Å². The van der Waals surface area contributed by atoms with Crippen LogP contribution in [-0.4, -0.2) is 9.13 Å². The van der Waals surface area contributed by atoms with Gasteiger partial charge < -0.3 is 9.13 Å². The number of hydrogen-bond donors (Lipinski definition) is 0. The van der Waals surface area contributed by atoms with E-state index >= 15 is 0 Å². The summed E-state index contributed by atoms with van der Waals surface area (Å²) in [6.45, 7) is 0. The number of benzene rings is 9. The van der Waals surface area contributed by atoms with Crippen molar-refractivity contribution in [3.05, 3.63) is 253 Å². The van der Waals surface area contributed by atoms with Crippen molar-refractivity contribution in [3.8, 4) is 22.5 Å². The van der Waals surface area contributed by atoms with E-state index < -0.39 is 5.41 Å². The van der Waals surface area contributed by atoms with E-state index in [-0.39, 0.29) is 0 Å². The normalized spacial score (nSPS) is 11.9. The first-order valence-corrected chi connectivity index (χ1v) is 19.7. The highest BCUT2D eigenvalue weighted by Gasteiger charge is 2.38. The second-order valence-electron chi connectivity index (χ2n) is 14.9. The van der Waals surface area contributed by atoms with Crippen LogP contribution < -0.4 is 0 Å². The van der Waals surface area contributed by atoms with E-state index in [1.165, 1.54) is 77.0 Å². The highest BCUT2D eigenvalue weighted by Crippen LogP contribution is 2.47. The zero-order chi connectivity index (χ0) is 37.8. The number of nitrogens with zero attached hydrogens (tertiary/aromatic N) is 2. The van der Waals surface area contributed by atoms with Gasteiger partial charge in [-0.3, -0.25) is 0 Å². The zero-order valence-corrected chi connectivity index (χ0v) is 31.3. The molecule has 2 heterocycles. The predicted octanol–water partition coefficient (Wildman–Crippen LogP) is 13.9. The van der Waals surface area contributed by atoms with Crippen molar-refractivity contribution in [1.29, 1.82) is 0 Å². The SMILES string of the molecule is c1ccc(-c2cccc3c2c2cc(-n4c5ccccc5c5cc(C(c6ccccc6)(c6ccccc6)c6ccccc6)ccc54)ccc2n3-c2ccccc2)cc1. The Morgan fingerprint density at radius 3 is 1.42 bits per heavy atom. The fourth-order valence-corrected chi connectivity index (χ4v) is 9.46. The first-order valence-electron chi connectivity index (χ1n) is 19.7. The number of aromatic nitrogens is 2. The van der Waals surface area contributed by atoms with Crippen molar-refractivity contribution in [2.24, 2.45) is 0 Å². The van der Waals surface area contributed by atoms with Crippen molar-refractivity contribution in [2.75, 3.05) is 0 Å². The Morgan fingerprint density at radius 1 is 0.281 bits per heavy atom. The van der Waals surface area contributed by atoms with Crippen molar-refractivity contribution in [3.63, 3.8) is 0 Å². The van der Waals surface area contributed by atoms with Gasteiger partial charge in [0.05, 0.1) is 27.5 Å². The molecule has 0 saturated carbocycles. The molecule has 268 valence electrons. The molecule has 0 aliphatic heterocycles. The van der Waals surface area contributed by atoms with Crippen LogP contribution in [0.4, 0.5) is 0 Å². The molecule has 0 bridgehead atoms. The molecule has 0 atom stereocenters. The molecular weight excluding hydrogens is 689 g/mol. The zero-order valence-electron chi connectivity index (χ0n) is 31.3. The molecular formula is C55H38N2. The van der Waals surface area contributed by atoms with Gasteiger partial charge in [0.2, 0.25) is 0 Å². The maximum atomic E-state index is 2.46. The molecule has 0 unspecified atom stereocenters. The van der Waals surface area contributed by atoms with Crippen LogP contribution in [0.25, 0.3) is 66.1 Å². The molecule has 11 rings (SSSR count). The van der Waals surface area contributed by atoms with E-state index in [2.05, 4.69) is 240 Å². The summed E-state index contributed by atoms with van der Waals surface area (Å²) in [6.07, 6.45) is 0. The lowest BCUT2D eigenvalue weighted by Gasteiger charge is -2.37. The molecule has 0 radical (unpaired) electrons. The van der Waals surface area contributed by atoms with Gasteiger partial charge in [-0.25, -0.2) is 0 Å². The van der Waals surface area contributed by atoms with E-state index in [1.54, 1.807) is 0 Å². The first-order chi connectivity index (χ1) is 28.3. The summed E-state index contributed by atoms with van der Waals surface area (Å²) in [6, 6.07) is 84.2. The fourth-order valence-electron chi connectivity index (χ4n) is 9.46. The van der Waals surface area contributed by atoms with Crippen molar-refractivity contribution in [1.82, 2.24) is 9.13 Å². The van der Waals surface area contributed by atoms with Crippen LogP contribution in [-0.2, 0) is 5.41 Å². The summed E-state index contributed by atoms with van der Waals surface area (Å²) in [5.41, 5.74) is 13.9. The van der Waals surface area contributed by atoms with E-state index in [4.69, 9.17) is 0 Å². The lowest BCUT2D eigenvalue weighted by molar-refractivity contribution is 0.746. The Balaban J connectivity index is 1.20. The van der Waals surface area contributed by atoms with Crippen LogP contribution in [0, 0.1) is 0 Å². The van der Waals surface area contributed by atoms with Gasteiger partial charge in [0, 0.05) is 32.9 Å². The maximum absolute atomic E-state index is 2.46. The molecule has 0 fully saturated rings. The summed E-state index contributed by atoms with van der Waals surface area (Å²) in [7, 11) is 0. The standard InChI is InChI=1S/C55H38N2/c1-6-19-39(20-7-1)46-30-18-32-53-54(46)49-38-45(34-36-52(49)56(53)44-27-14-5-15-28-44)57-50-31-17-16-29-47(50)48-37-43(33-35-51(48)57)55(40-21-8-2-9-22-40,41-23-10-3-11-24-41)42-25-12-4-13-26-42/h1-38H. The largest absolute Gasteiger partial charge is 0.309 e. The summed E-state index contributed by atoms with van der Waals surface area (Å²) >= 11 is 0. The highest BCUT2D eigenvalue weighted by molar-refractivity contribution is 6.17. The Kier molecular flexibility index (Phi) is 7.75. The maximum Gasteiger partial charge on any atom is 0.0701 e. The highest BCUT2D eigenvalue weighted by atomic mass is 15.0. The van der Waals surface area contributed by atoms with Gasteiger partial charge in [0.15, 0.2) is 0 Å². The van der Waals surface area contributed by atoms with E-state index in [0.717, 1.165) is 11.4 Å². The van der Waals surface area contributed by atoms with E-state index in [1.807, 2.05) is 0 Å². The minimum Gasteiger partial charge on any atom is -0.309 e. The molecule has 0 spiro atoms. The molecule has 2 nitrogen and oxygen atoms in total. The number of hydrogen-bond acceptors (Lipinski definition) is 0. The van der Waals surface area contributed by atoms with Gasteiger partial charge in [0.1, 0.15) is 0 Å². The van der Waals surface area contributed by atoms with Crippen molar-refractivity contribution >= 4 is 43.6 Å². The summed E-state index contributed by atoms with van der Waals surface area (Å²) in [4.78, 5) is 0. The van der Waals surface area contributed by atoms with E-state index in [9.17, 15) is 0 Å². The molecule has 2 heteroatoms. The number of rotatable bonds is 7. The topological polar surface area (TPSA) is 9.86 Å². The third-order valence-corrected chi connectivity index (χ3v) is 11.9. The average Bonchev–Trinajstić information content (AvgIpc) is 3.81. The molecule has 57 heavy (non-hydrogen) atoms. The van der Waals surface area contributed by atoms with Crippen molar-refractivity contribution < 1.29 is 0 Å². The van der Waals surface area contributed by atoms with Gasteiger partial charge in [-0.2, -0.15) is 0 Å². The molecule has 9 aromatic carbocycles. The van der Waals surface area contributed by atoms with Gasteiger partial charge >= 0.3 is 0 Å². The minimum atomic E-state index is -0.535. The number of para-hydroxylation sites is 2. The van der Waals surface area contributed by atoms with Crippen LogP contribution in [0.15, 0.2) is 231 Å². The Labute approximate surface area is 332 Å². The van der Waals surface area contributed by atoms with Gasteiger partial charge in [-0.1, -0.05) is 176 Å². The van der Waals surface area contributed by atoms with Crippen molar-refractivity contribution in [2.45, 2.75) is 5.41 Å². The molecule has 2 aromatic heterocycles. The lowest BCUT2D eigenvalue weighted by atomic mass is 9.65. The molecule has 0 N–H and O–H groups in total. The summed E-state index contributed by atoms with van der Waals surface area (Å²) in [5, 5.41) is 4.94. The summed E-state index contributed by atoms with van der Waals surface area (Å²) in [5.74, 6) is 0. The lowest BCUT2D eigenvalue weighted by Crippen LogP contribution is -2.30.